The minimum Gasteiger partial charge on any atom is -0.193 e. The first kappa shape index (κ1) is 25.8. The quantitative estimate of drug-likeness (QED) is 0.175. The normalized spacial score (nSPS) is 15.0. The second-order valence-corrected chi connectivity index (χ2v) is 8.79. The van der Waals surface area contributed by atoms with Crippen LogP contribution in [0.5, 0.6) is 0 Å². The number of nitrogens with zero attached hydrogens (tertiary/aromatic N) is 1. The minimum absolute atomic E-state index is 0.578. The van der Waals surface area contributed by atoms with Gasteiger partial charge in [0.25, 0.3) is 0 Å². The summed E-state index contributed by atoms with van der Waals surface area (Å²) in [4.78, 5) is 0. The predicted molar refractivity (Wildman–Crippen MR) is 131 cm³/mol. The van der Waals surface area contributed by atoms with Crippen molar-refractivity contribution < 1.29 is 0 Å². The molecule has 1 unspecified atom stereocenters. The molecule has 0 amide bonds. The molecule has 0 spiro atoms. The van der Waals surface area contributed by atoms with E-state index in [4.69, 9.17) is 5.26 Å². The molecule has 1 aliphatic rings. The van der Waals surface area contributed by atoms with Gasteiger partial charge in [-0.3, -0.25) is 0 Å². The Bertz CT molecular complexity index is 751. The molecule has 1 aromatic rings. The largest absolute Gasteiger partial charge is 0.193 e. The third kappa shape index (κ3) is 11.7. The zero-order valence-corrected chi connectivity index (χ0v) is 19.6. The molecular weight excluding hydrogens is 362 g/mol. The van der Waals surface area contributed by atoms with Crippen molar-refractivity contribution in [3.05, 3.63) is 59.7 Å². The van der Waals surface area contributed by atoms with Crippen LogP contribution < -0.4 is 0 Å². The van der Waals surface area contributed by atoms with Crippen LogP contribution in [0.3, 0.4) is 0 Å². The van der Waals surface area contributed by atoms with Gasteiger partial charge in [0.2, 0.25) is 0 Å². The second-order valence-electron chi connectivity index (χ2n) is 8.79. The van der Waals surface area contributed by atoms with Crippen molar-refractivity contribution in [1.82, 2.24) is 0 Å². The minimum atomic E-state index is 0.578. The van der Waals surface area contributed by atoms with Crippen LogP contribution in [0.2, 0.25) is 0 Å². The first-order valence-electron chi connectivity index (χ1n) is 11.8. The van der Waals surface area contributed by atoms with Gasteiger partial charge in [0, 0.05) is 17.9 Å². The van der Waals surface area contributed by atoms with E-state index in [0.29, 0.717) is 11.8 Å². The molecule has 0 aromatic heterocycles. The Hall–Kier alpha value is -2.25. The van der Waals surface area contributed by atoms with Gasteiger partial charge in [-0.1, -0.05) is 95.4 Å². The third-order valence-electron chi connectivity index (χ3n) is 5.58. The fourth-order valence-corrected chi connectivity index (χ4v) is 3.58. The highest BCUT2D eigenvalue weighted by atomic mass is 14.2. The monoisotopic (exact) mass is 403 g/mol. The summed E-state index contributed by atoms with van der Waals surface area (Å²) in [5, 5.41) is 8.39. The molecule has 2 rings (SSSR count). The van der Waals surface area contributed by atoms with Crippen LogP contribution in [0.15, 0.2) is 48.6 Å². The third-order valence-corrected chi connectivity index (χ3v) is 5.58. The molecule has 0 saturated heterocycles. The molecule has 0 N–H and O–H groups in total. The highest BCUT2D eigenvalue weighted by Crippen LogP contribution is 2.28. The fraction of sp³-hybridized carbons (Fsp3) is 0.552. The molecule has 1 nitrogen and oxygen atoms in total. The number of unbranched alkanes of at least 4 members (excludes halogenated alkanes) is 4. The maximum Gasteiger partial charge on any atom is 0.0940 e. The SMILES string of the molecule is C=C(C#N)CCCCCCC.C=C1CCC(C#CCCc2cccc(C(C)C)c2)C1. The van der Waals surface area contributed by atoms with Gasteiger partial charge in [-0.15, -0.1) is 5.92 Å². The molecule has 30 heavy (non-hydrogen) atoms. The molecule has 0 heterocycles. The van der Waals surface area contributed by atoms with Crippen LogP contribution in [0.4, 0.5) is 0 Å². The highest BCUT2D eigenvalue weighted by Gasteiger charge is 2.14. The highest BCUT2D eigenvalue weighted by molar-refractivity contribution is 5.26. The van der Waals surface area contributed by atoms with E-state index in [0.717, 1.165) is 37.7 Å². The van der Waals surface area contributed by atoms with Crippen LogP contribution in [0.25, 0.3) is 0 Å². The summed E-state index contributed by atoms with van der Waals surface area (Å²) < 4.78 is 0. The number of allylic oxidation sites excluding steroid dienone is 2. The van der Waals surface area contributed by atoms with E-state index in [1.807, 2.05) is 0 Å². The maximum absolute atomic E-state index is 8.39. The number of hydrogen-bond donors (Lipinski definition) is 0. The van der Waals surface area contributed by atoms with Crippen molar-refractivity contribution in [3.63, 3.8) is 0 Å². The molecule has 0 radical (unpaired) electrons. The number of rotatable bonds is 9. The molecule has 1 heteroatoms. The molecule has 1 aliphatic carbocycles. The lowest BCUT2D eigenvalue weighted by Gasteiger charge is -2.06. The maximum atomic E-state index is 8.39. The molecule has 0 aliphatic heterocycles. The Kier molecular flexibility index (Phi) is 13.4. The molecule has 1 atom stereocenters. The molecule has 1 saturated carbocycles. The summed E-state index contributed by atoms with van der Waals surface area (Å²) in [5.74, 6) is 7.95. The van der Waals surface area contributed by atoms with E-state index in [-0.39, 0.29) is 0 Å². The van der Waals surface area contributed by atoms with Gasteiger partial charge in [0.15, 0.2) is 0 Å². The van der Waals surface area contributed by atoms with Gasteiger partial charge in [-0.05, 0) is 55.6 Å². The van der Waals surface area contributed by atoms with Crippen molar-refractivity contribution in [1.29, 1.82) is 5.26 Å². The summed E-state index contributed by atoms with van der Waals surface area (Å²) in [6.45, 7) is 14.4. The second kappa shape index (κ2) is 15.6. The van der Waals surface area contributed by atoms with E-state index < -0.39 is 0 Å². The van der Waals surface area contributed by atoms with Crippen molar-refractivity contribution in [2.75, 3.05) is 0 Å². The van der Waals surface area contributed by atoms with Gasteiger partial charge < -0.3 is 0 Å². The first-order chi connectivity index (χ1) is 14.5. The van der Waals surface area contributed by atoms with E-state index in [2.05, 4.69) is 76.1 Å². The molecule has 1 aromatic carbocycles. The summed E-state index contributed by atoms with van der Waals surface area (Å²) in [6.07, 6.45) is 12.7. The number of aryl methyl sites for hydroxylation is 1. The smallest absolute Gasteiger partial charge is 0.0940 e. The summed E-state index contributed by atoms with van der Waals surface area (Å²) in [6, 6.07) is 11.0. The number of nitriles is 1. The van der Waals surface area contributed by atoms with Crippen molar-refractivity contribution >= 4 is 0 Å². The lowest BCUT2D eigenvalue weighted by molar-refractivity contribution is 0.634. The van der Waals surface area contributed by atoms with Gasteiger partial charge in [0.05, 0.1) is 6.07 Å². The average Bonchev–Trinajstić information content (AvgIpc) is 3.16. The number of hydrogen-bond acceptors (Lipinski definition) is 1. The summed E-state index contributed by atoms with van der Waals surface area (Å²) in [7, 11) is 0. The molecule has 0 bridgehead atoms. The van der Waals surface area contributed by atoms with Crippen LogP contribution in [0.1, 0.15) is 102 Å². The van der Waals surface area contributed by atoms with Gasteiger partial charge in [-0.25, -0.2) is 0 Å². The number of benzene rings is 1. The zero-order valence-electron chi connectivity index (χ0n) is 19.6. The molecular formula is C29H41N. The van der Waals surface area contributed by atoms with Gasteiger partial charge in [0.1, 0.15) is 0 Å². The van der Waals surface area contributed by atoms with Gasteiger partial charge in [-0.2, -0.15) is 5.26 Å². The van der Waals surface area contributed by atoms with Crippen LogP contribution in [-0.4, -0.2) is 0 Å². The fourth-order valence-electron chi connectivity index (χ4n) is 3.58. The van der Waals surface area contributed by atoms with E-state index in [1.54, 1.807) is 0 Å². The Labute approximate surface area is 186 Å². The average molecular weight is 404 g/mol. The summed E-state index contributed by atoms with van der Waals surface area (Å²) in [5.41, 5.74) is 4.94. The van der Waals surface area contributed by atoms with E-state index in [1.165, 1.54) is 55.2 Å². The van der Waals surface area contributed by atoms with Crippen molar-refractivity contribution in [2.24, 2.45) is 5.92 Å². The van der Waals surface area contributed by atoms with Crippen molar-refractivity contribution in [2.45, 2.75) is 97.3 Å². The van der Waals surface area contributed by atoms with Crippen LogP contribution in [0, 0.1) is 29.1 Å². The van der Waals surface area contributed by atoms with Gasteiger partial charge >= 0.3 is 0 Å². The summed E-state index contributed by atoms with van der Waals surface area (Å²) >= 11 is 0. The standard InChI is InChI=1S/C19H24.C10H17N/c1-15(2)19-10-6-9-17(14-19)7-4-5-8-18-12-11-16(3)13-18;1-3-4-5-6-7-8-10(2)9-11/h6,9-10,14-15,18H,3-4,7,11-13H2,1-2H3;2-8H2,1H3. The van der Waals surface area contributed by atoms with Crippen LogP contribution >= 0.6 is 0 Å². The lowest BCUT2D eigenvalue weighted by Crippen LogP contribution is -1.91. The Morgan fingerprint density at radius 1 is 1.20 bits per heavy atom. The molecule has 1 fully saturated rings. The topological polar surface area (TPSA) is 23.8 Å². The van der Waals surface area contributed by atoms with E-state index >= 15 is 0 Å². The molecule has 162 valence electrons. The zero-order chi connectivity index (χ0) is 22.2. The van der Waals surface area contributed by atoms with Crippen LogP contribution in [-0.2, 0) is 6.42 Å². The van der Waals surface area contributed by atoms with Crippen molar-refractivity contribution in [3.8, 4) is 17.9 Å². The Balaban J connectivity index is 0.000000352. The Morgan fingerprint density at radius 2 is 1.97 bits per heavy atom. The lowest BCUT2D eigenvalue weighted by atomic mass is 9.99. The first-order valence-corrected chi connectivity index (χ1v) is 11.8. The van der Waals surface area contributed by atoms with E-state index in [9.17, 15) is 0 Å². The predicted octanol–water partition coefficient (Wildman–Crippen LogP) is 8.53. The Morgan fingerprint density at radius 3 is 2.60 bits per heavy atom.